The molecule has 1 unspecified atom stereocenters. The van der Waals surface area contributed by atoms with Crippen molar-refractivity contribution in [2.75, 3.05) is 0 Å². The Kier molecular flexibility index (Phi) is 4.45. The molecule has 0 spiro atoms. The Balaban J connectivity index is 2.87. The lowest BCUT2D eigenvalue weighted by Gasteiger charge is -2.07. The zero-order valence-electron chi connectivity index (χ0n) is 8.84. The zero-order chi connectivity index (χ0) is 12.1. The van der Waals surface area contributed by atoms with Gasteiger partial charge in [-0.2, -0.15) is 5.26 Å². The molecule has 0 saturated heterocycles. The summed E-state index contributed by atoms with van der Waals surface area (Å²) in [6, 6.07) is 6.13. The fourth-order valence-electron chi connectivity index (χ4n) is 1.39. The smallest absolute Gasteiger partial charge is 0.150 e. The van der Waals surface area contributed by atoms with Crippen LogP contribution in [0, 0.1) is 23.1 Å². The van der Waals surface area contributed by atoms with Crippen LogP contribution in [0.4, 0.5) is 4.39 Å². The van der Waals surface area contributed by atoms with Crippen molar-refractivity contribution >= 4 is 17.4 Å². The van der Waals surface area contributed by atoms with E-state index >= 15 is 0 Å². The number of carbonyl (C=O) groups excluding carboxylic acids is 1. The van der Waals surface area contributed by atoms with Gasteiger partial charge >= 0.3 is 0 Å². The Morgan fingerprint density at radius 3 is 2.81 bits per heavy atom. The normalized spacial score (nSPS) is 11.9. The second kappa shape index (κ2) is 5.62. The van der Waals surface area contributed by atoms with Crippen LogP contribution in [-0.4, -0.2) is 5.78 Å². The number of hydrogen-bond donors (Lipinski definition) is 0. The number of halogens is 2. The molecule has 1 aromatic carbocycles. The van der Waals surface area contributed by atoms with Crippen molar-refractivity contribution < 1.29 is 9.18 Å². The summed E-state index contributed by atoms with van der Waals surface area (Å²) in [7, 11) is 0. The van der Waals surface area contributed by atoms with Crippen LogP contribution in [0.25, 0.3) is 0 Å². The van der Waals surface area contributed by atoms with Crippen molar-refractivity contribution in [2.24, 2.45) is 5.92 Å². The average molecular weight is 240 g/mol. The molecular weight excluding hydrogens is 229 g/mol. The standard InChI is InChI=1S/C12H11ClFNO/c1-2-12(16)9(7-15)5-8-3-4-10(13)6-11(8)14/h3-4,6,9H,2,5H2,1H3. The molecule has 2 nitrogen and oxygen atoms in total. The summed E-state index contributed by atoms with van der Waals surface area (Å²) in [5.74, 6) is -1.42. The maximum absolute atomic E-state index is 13.4. The third kappa shape index (κ3) is 3.04. The summed E-state index contributed by atoms with van der Waals surface area (Å²) in [6.07, 6.45) is 0.389. The van der Waals surface area contributed by atoms with Crippen molar-refractivity contribution in [3.8, 4) is 6.07 Å². The third-order valence-corrected chi connectivity index (χ3v) is 2.57. The first-order valence-corrected chi connectivity index (χ1v) is 5.32. The summed E-state index contributed by atoms with van der Waals surface area (Å²) < 4.78 is 13.4. The van der Waals surface area contributed by atoms with E-state index in [4.69, 9.17) is 16.9 Å². The topological polar surface area (TPSA) is 40.9 Å². The molecule has 0 aromatic heterocycles. The van der Waals surface area contributed by atoms with Crippen molar-refractivity contribution in [1.29, 1.82) is 5.26 Å². The van der Waals surface area contributed by atoms with Gasteiger partial charge in [0, 0.05) is 11.4 Å². The van der Waals surface area contributed by atoms with E-state index in [1.165, 1.54) is 12.1 Å². The second-order valence-electron chi connectivity index (χ2n) is 3.44. The van der Waals surface area contributed by atoms with Crippen molar-refractivity contribution in [3.05, 3.63) is 34.6 Å². The van der Waals surface area contributed by atoms with Crippen LogP contribution in [0.5, 0.6) is 0 Å². The molecular formula is C12H11ClFNO. The van der Waals surface area contributed by atoms with Gasteiger partial charge in [0.15, 0.2) is 0 Å². The number of rotatable bonds is 4. The molecule has 0 bridgehead atoms. The monoisotopic (exact) mass is 239 g/mol. The third-order valence-electron chi connectivity index (χ3n) is 2.33. The Labute approximate surface area is 98.6 Å². The van der Waals surface area contributed by atoms with E-state index in [0.29, 0.717) is 10.6 Å². The Hall–Kier alpha value is -1.40. The molecule has 1 aromatic rings. The van der Waals surface area contributed by atoms with Crippen LogP contribution in [0.3, 0.4) is 0 Å². The predicted octanol–water partition coefficient (Wildman–Crippen LogP) is 3.14. The van der Waals surface area contributed by atoms with E-state index < -0.39 is 11.7 Å². The van der Waals surface area contributed by atoms with Crippen LogP contribution >= 0.6 is 11.6 Å². The van der Waals surface area contributed by atoms with Crippen molar-refractivity contribution in [1.82, 2.24) is 0 Å². The number of carbonyl (C=O) groups is 1. The highest BCUT2D eigenvalue weighted by atomic mass is 35.5. The van der Waals surface area contributed by atoms with Crippen LogP contribution < -0.4 is 0 Å². The quantitative estimate of drug-likeness (QED) is 0.810. The van der Waals surface area contributed by atoms with Gasteiger partial charge in [0.2, 0.25) is 0 Å². The molecule has 0 fully saturated rings. The molecule has 0 aliphatic heterocycles. The number of Topliss-reactive ketones (excluding diaryl/α,β-unsaturated/α-hetero) is 1. The summed E-state index contributed by atoms with van der Waals surface area (Å²) in [4.78, 5) is 11.4. The fraction of sp³-hybridized carbons (Fsp3) is 0.333. The van der Waals surface area contributed by atoms with Gasteiger partial charge < -0.3 is 0 Å². The van der Waals surface area contributed by atoms with Gasteiger partial charge in [-0.15, -0.1) is 0 Å². The minimum Gasteiger partial charge on any atom is -0.298 e. The minimum absolute atomic E-state index is 0.103. The van der Waals surface area contributed by atoms with Gasteiger partial charge in [0.05, 0.1) is 6.07 Å². The van der Waals surface area contributed by atoms with Gasteiger partial charge in [-0.3, -0.25) is 4.79 Å². The van der Waals surface area contributed by atoms with Gasteiger partial charge in [-0.1, -0.05) is 24.6 Å². The lowest BCUT2D eigenvalue weighted by molar-refractivity contribution is -0.120. The Bertz CT molecular complexity index is 439. The number of nitrogens with zero attached hydrogens (tertiary/aromatic N) is 1. The number of benzene rings is 1. The van der Waals surface area contributed by atoms with Gasteiger partial charge in [0.1, 0.15) is 17.5 Å². The molecule has 1 atom stereocenters. The molecule has 0 saturated carbocycles. The van der Waals surface area contributed by atoms with Crippen LogP contribution in [-0.2, 0) is 11.2 Å². The highest BCUT2D eigenvalue weighted by Crippen LogP contribution is 2.18. The van der Waals surface area contributed by atoms with E-state index in [2.05, 4.69) is 0 Å². The molecule has 4 heteroatoms. The molecule has 0 heterocycles. The summed E-state index contributed by atoms with van der Waals surface area (Å²) >= 11 is 5.61. The highest BCUT2D eigenvalue weighted by Gasteiger charge is 2.18. The highest BCUT2D eigenvalue weighted by molar-refractivity contribution is 6.30. The SMILES string of the molecule is CCC(=O)C(C#N)Cc1ccc(Cl)cc1F. The maximum atomic E-state index is 13.4. The van der Waals surface area contributed by atoms with E-state index in [1.807, 2.05) is 6.07 Å². The molecule has 16 heavy (non-hydrogen) atoms. The lowest BCUT2D eigenvalue weighted by Crippen LogP contribution is -2.14. The van der Waals surface area contributed by atoms with Crippen molar-refractivity contribution in [3.63, 3.8) is 0 Å². The van der Waals surface area contributed by atoms with Crippen molar-refractivity contribution in [2.45, 2.75) is 19.8 Å². The molecule has 0 radical (unpaired) electrons. The fourth-order valence-corrected chi connectivity index (χ4v) is 1.54. The first-order valence-electron chi connectivity index (χ1n) is 4.94. The van der Waals surface area contributed by atoms with Gasteiger partial charge in [-0.25, -0.2) is 4.39 Å². The molecule has 1 rings (SSSR count). The van der Waals surface area contributed by atoms with Gasteiger partial charge in [0.25, 0.3) is 0 Å². The number of ketones is 1. The molecule has 84 valence electrons. The first-order chi connectivity index (χ1) is 7.58. The van der Waals surface area contributed by atoms with Crippen LogP contribution in [0.1, 0.15) is 18.9 Å². The molecule has 0 aliphatic rings. The second-order valence-corrected chi connectivity index (χ2v) is 3.88. The largest absolute Gasteiger partial charge is 0.298 e. The van der Waals surface area contributed by atoms with Crippen LogP contribution in [0.15, 0.2) is 18.2 Å². The maximum Gasteiger partial charge on any atom is 0.150 e. The van der Waals surface area contributed by atoms with E-state index in [0.717, 1.165) is 0 Å². The van der Waals surface area contributed by atoms with E-state index in [1.54, 1.807) is 13.0 Å². The summed E-state index contributed by atoms with van der Waals surface area (Å²) in [5, 5.41) is 9.12. The zero-order valence-corrected chi connectivity index (χ0v) is 9.59. The Morgan fingerprint density at radius 2 is 2.31 bits per heavy atom. The van der Waals surface area contributed by atoms with Gasteiger partial charge in [-0.05, 0) is 24.1 Å². The predicted molar refractivity (Wildman–Crippen MR) is 59.5 cm³/mol. The van der Waals surface area contributed by atoms with E-state index in [9.17, 15) is 9.18 Å². The lowest BCUT2D eigenvalue weighted by atomic mass is 9.95. The molecule has 0 N–H and O–H groups in total. The van der Waals surface area contributed by atoms with E-state index in [-0.39, 0.29) is 18.6 Å². The first kappa shape index (κ1) is 12.7. The summed E-state index contributed by atoms with van der Waals surface area (Å²) in [6.45, 7) is 1.69. The minimum atomic E-state index is -0.777. The number of hydrogen-bond acceptors (Lipinski definition) is 2. The summed E-state index contributed by atoms with van der Waals surface area (Å²) in [5.41, 5.74) is 0.345. The van der Waals surface area contributed by atoms with Crippen LogP contribution in [0.2, 0.25) is 5.02 Å². The molecule has 0 aliphatic carbocycles. The average Bonchev–Trinajstić information content (AvgIpc) is 2.27. The Morgan fingerprint density at radius 1 is 1.62 bits per heavy atom. The molecule has 0 amide bonds. The number of nitriles is 1.